The van der Waals surface area contributed by atoms with Crippen LogP contribution in [0, 0.1) is 6.92 Å². The fourth-order valence-electron chi connectivity index (χ4n) is 3.07. The number of hydrogen-bond acceptors (Lipinski definition) is 10. The normalized spacial score (nSPS) is 17.3. The zero-order valence-electron chi connectivity index (χ0n) is 18.8. The minimum absolute atomic E-state index is 0.0810. The number of fused-ring (bicyclic) bond motifs is 1. The molecule has 0 aromatic heterocycles. The van der Waals surface area contributed by atoms with Crippen LogP contribution in [0.4, 0.5) is 0 Å². The van der Waals surface area contributed by atoms with Gasteiger partial charge in [-0.05, 0) is 29.8 Å². The van der Waals surface area contributed by atoms with Crippen LogP contribution in [-0.2, 0) is 14.5 Å². The molecule has 0 fully saturated rings. The van der Waals surface area contributed by atoms with Gasteiger partial charge in [0.15, 0.2) is 11.5 Å². The summed E-state index contributed by atoms with van der Waals surface area (Å²) in [5, 5.41) is 16.4. The number of hydroxylamine groups is 1. The zero-order valence-corrected chi connectivity index (χ0v) is 18.8. The number of aryl methyl sites for hydroxylation is 1. The summed E-state index contributed by atoms with van der Waals surface area (Å²) < 4.78 is 5.47. The Morgan fingerprint density at radius 1 is 1.18 bits per heavy atom. The number of rotatable bonds is 6. The molecule has 2 aromatic rings. The first-order valence-electron chi connectivity index (χ1n) is 10.3. The molecule has 0 amide bonds. The standard InChI is InChI=1S/C12H15N3O2.C11H12N2O3/c1-9-5-3-4-6-10(9)11(14-16-2)12-13-7-8-17-15-12;1-12-10-8-4-2-3-5-9(8)16-11(10)13-15-7-6-14/h3-6H,7-8H2,1-2H3,(H,13,15);2-5,14H,6-7H2,1H3/b14-11-;. The van der Waals surface area contributed by atoms with E-state index >= 15 is 0 Å². The molecule has 0 aliphatic carbocycles. The van der Waals surface area contributed by atoms with Crippen molar-refractivity contribution in [3.8, 4) is 5.75 Å². The molecule has 174 valence electrons. The van der Waals surface area contributed by atoms with Gasteiger partial charge in [-0.2, -0.15) is 0 Å². The third-order valence-electron chi connectivity index (χ3n) is 4.54. The number of aliphatic hydroxyl groups is 1. The fourth-order valence-corrected chi connectivity index (χ4v) is 3.07. The quantitative estimate of drug-likeness (QED) is 0.393. The maximum Gasteiger partial charge on any atom is 0.282 e. The lowest BCUT2D eigenvalue weighted by atomic mass is 10.0. The molecule has 2 heterocycles. The molecular formula is C23H27N5O5. The number of oxime groups is 2. The average molecular weight is 453 g/mol. The highest BCUT2D eigenvalue weighted by molar-refractivity contribution is 6.49. The van der Waals surface area contributed by atoms with E-state index in [4.69, 9.17) is 24.4 Å². The van der Waals surface area contributed by atoms with Crippen molar-refractivity contribution in [3.63, 3.8) is 0 Å². The van der Waals surface area contributed by atoms with E-state index in [-0.39, 0.29) is 13.2 Å². The van der Waals surface area contributed by atoms with E-state index in [1.807, 2.05) is 55.5 Å². The Hall–Kier alpha value is -3.76. The van der Waals surface area contributed by atoms with Crippen LogP contribution in [0.1, 0.15) is 16.7 Å². The van der Waals surface area contributed by atoms with E-state index < -0.39 is 0 Å². The number of nitrogens with one attached hydrogen (secondary N) is 1. The first kappa shape index (κ1) is 23.9. The molecule has 2 N–H and O–H groups in total. The van der Waals surface area contributed by atoms with Gasteiger partial charge < -0.3 is 19.5 Å². The number of para-hydroxylation sites is 1. The largest absolute Gasteiger partial charge is 0.434 e. The van der Waals surface area contributed by atoms with Crippen molar-refractivity contribution in [2.45, 2.75) is 6.92 Å². The number of amidine groups is 1. The zero-order chi connectivity index (χ0) is 23.5. The van der Waals surface area contributed by atoms with Gasteiger partial charge in [-0.3, -0.25) is 14.8 Å². The first-order valence-corrected chi connectivity index (χ1v) is 10.3. The van der Waals surface area contributed by atoms with E-state index in [1.54, 1.807) is 7.05 Å². The Labute approximate surface area is 192 Å². The molecular weight excluding hydrogens is 426 g/mol. The summed E-state index contributed by atoms with van der Waals surface area (Å²) in [5.74, 6) is 1.65. The van der Waals surface area contributed by atoms with Crippen molar-refractivity contribution in [1.82, 2.24) is 5.48 Å². The fraction of sp³-hybridized carbons (Fsp3) is 0.304. The van der Waals surface area contributed by atoms with Gasteiger partial charge in [-0.15, -0.1) is 0 Å². The Bertz CT molecular complexity index is 1060. The second kappa shape index (κ2) is 12.3. The molecule has 2 aliphatic heterocycles. The topological polar surface area (TPSA) is 119 Å². The minimum atomic E-state index is -0.0810. The third kappa shape index (κ3) is 6.15. The lowest BCUT2D eigenvalue weighted by molar-refractivity contribution is 0.0836. The number of nitrogens with zero attached hydrogens (tertiary/aromatic N) is 4. The Morgan fingerprint density at radius 2 is 1.97 bits per heavy atom. The number of ether oxygens (including phenoxy) is 1. The summed E-state index contributed by atoms with van der Waals surface area (Å²) >= 11 is 0. The van der Waals surface area contributed by atoms with Crippen molar-refractivity contribution in [2.24, 2.45) is 20.3 Å². The van der Waals surface area contributed by atoms with Gasteiger partial charge in [0.1, 0.15) is 25.2 Å². The first-order chi connectivity index (χ1) is 16.2. The van der Waals surface area contributed by atoms with Gasteiger partial charge in [0, 0.05) is 18.2 Å². The minimum Gasteiger partial charge on any atom is -0.434 e. The lowest BCUT2D eigenvalue weighted by Crippen LogP contribution is -2.37. The molecule has 0 saturated carbocycles. The maximum atomic E-state index is 8.57. The third-order valence-corrected chi connectivity index (χ3v) is 4.54. The van der Waals surface area contributed by atoms with Gasteiger partial charge in [0.2, 0.25) is 0 Å². The van der Waals surface area contributed by atoms with Gasteiger partial charge in [-0.25, -0.2) is 5.48 Å². The second-order valence-corrected chi connectivity index (χ2v) is 6.74. The van der Waals surface area contributed by atoms with Crippen LogP contribution in [-0.4, -0.2) is 68.8 Å². The van der Waals surface area contributed by atoms with Gasteiger partial charge in [0.25, 0.3) is 5.90 Å². The SMILES string of the molecule is CN=C1C(=NOCCO)Oc2ccccc21.CO/N=C(\C1=NCCON1)c1ccccc1C. The van der Waals surface area contributed by atoms with Crippen LogP contribution < -0.4 is 10.2 Å². The monoisotopic (exact) mass is 453 g/mol. The van der Waals surface area contributed by atoms with E-state index in [9.17, 15) is 0 Å². The van der Waals surface area contributed by atoms with Crippen molar-refractivity contribution in [2.75, 3.05) is 40.5 Å². The van der Waals surface area contributed by atoms with Gasteiger partial charge in [0.05, 0.1) is 19.8 Å². The summed E-state index contributed by atoms with van der Waals surface area (Å²) in [4.78, 5) is 23.3. The smallest absolute Gasteiger partial charge is 0.282 e. The second-order valence-electron chi connectivity index (χ2n) is 6.74. The van der Waals surface area contributed by atoms with Crippen LogP contribution in [0.3, 0.4) is 0 Å². The van der Waals surface area contributed by atoms with Crippen LogP contribution in [0.2, 0.25) is 0 Å². The van der Waals surface area contributed by atoms with E-state index in [0.29, 0.717) is 36.3 Å². The molecule has 0 spiro atoms. The molecule has 0 unspecified atom stereocenters. The molecule has 0 saturated heterocycles. The highest BCUT2D eigenvalue weighted by Crippen LogP contribution is 2.26. The van der Waals surface area contributed by atoms with Gasteiger partial charge >= 0.3 is 0 Å². The van der Waals surface area contributed by atoms with Crippen molar-refractivity contribution < 1.29 is 24.4 Å². The van der Waals surface area contributed by atoms with E-state index in [2.05, 4.69) is 25.8 Å². The lowest BCUT2D eigenvalue weighted by Gasteiger charge is -2.16. The van der Waals surface area contributed by atoms with Crippen LogP contribution in [0.25, 0.3) is 0 Å². The molecule has 0 radical (unpaired) electrons. The molecule has 0 bridgehead atoms. The van der Waals surface area contributed by atoms with Crippen molar-refractivity contribution in [1.29, 1.82) is 0 Å². The summed E-state index contributed by atoms with van der Waals surface area (Å²) in [6, 6.07) is 15.5. The highest BCUT2D eigenvalue weighted by Gasteiger charge is 2.26. The Morgan fingerprint density at radius 3 is 2.67 bits per heavy atom. The maximum absolute atomic E-state index is 8.57. The molecule has 33 heavy (non-hydrogen) atoms. The van der Waals surface area contributed by atoms with Crippen molar-refractivity contribution >= 4 is 23.2 Å². The molecule has 0 atom stereocenters. The summed E-state index contributed by atoms with van der Waals surface area (Å²) in [5.41, 5.74) is 7.07. The Kier molecular flexibility index (Phi) is 8.92. The predicted octanol–water partition coefficient (Wildman–Crippen LogP) is 2.10. The highest BCUT2D eigenvalue weighted by atomic mass is 16.7. The van der Waals surface area contributed by atoms with Crippen LogP contribution >= 0.6 is 0 Å². The predicted molar refractivity (Wildman–Crippen MR) is 126 cm³/mol. The van der Waals surface area contributed by atoms with Crippen LogP contribution in [0.5, 0.6) is 5.75 Å². The molecule has 10 heteroatoms. The van der Waals surface area contributed by atoms with Gasteiger partial charge in [-0.1, -0.05) is 41.6 Å². The number of benzene rings is 2. The number of hydrogen-bond donors (Lipinski definition) is 2. The molecule has 2 aliphatic rings. The summed E-state index contributed by atoms with van der Waals surface area (Å²) in [7, 11) is 3.19. The number of aliphatic imine (C=N–C) groups is 2. The Balaban J connectivity index is 0.000000186. The van der Waals surface area contributed by atoms with E-state index in [1.165, 1.54) is 7.11 Å². The van der Waals surface area contributed by atoms with Crippen molar-refractivity contribution in [3.05, 3.63) is 65.2 Å². The molecule has 10 nitrogen and oxygen atoms in total. The summed E-state index contributed by atoms with van der Waals surface area (Å²) in [6.07, 6.45) is 0. The number of aliphatic hydroxyl groups excluding tert-OH is 1. The van der Waals surface area contributed by atoms with E-state index in [0.717, 1.165) is 22.4 Å². The van der Waals surface area contributed by atoms with Crippen LogP contribution in [0.15, 0.2) is 68.8 Å². The molecule has 2 aromatic carbocycles. The average Bonchev–Trinajstić information content (AvgIpc) is 3.21. The molecule has 4 rings (SSSR count). The summed E-state index contributed by atoms with van der Waals surface area (Å²) in [6.45, 7) is 3.27.